The van der Waals surface area contributed by atoms with Crippen molar-refractivity contribution in [1.82, 2.24) is 14.7 Å². The van der Waals surface area contributed by atoms with Crippen molar-refractivity contribution in [2.75, 3.05) is 39.3 Å². The maximum Gasteiger partial charge on any atom is 0.416 e. The van der Waals surface area contributed by atoms with Crippen LogP contribution in [0.2, 0.25) is 0 Å². The molecule has 0 N–H and O–H groups in total. The Kier molecular flexibility index (Phi) is 8.01. The van der Waals surface area contributed by atoms with E-state index in [9.17, 15) is 22.8 Å². The predicted molar refractivity (Wildman–Crippen MR) is 152 cm³/mol. The topological polar surface area (TPSA) is 53.1 Å². The molecular weight excluding hydrogens is 531 g/mol. The average Bonchev–Trinajstić information content (AvgIpc) is 3.36. The maximum atomic E-state index is 13.3. The molecule has 1 aliphatic carbocycles. The lowest BCUT2D eigenvalue weighted by molar-refractivity contribution is -0.137. The van der Waals surface area contributed by atoms with Gasteiger partial charge in [-0.2, -0.15) is 13.2 Å². The molecule has 0 spiro atoms. The molecule has 0 saturated carbocycles. The Morgan fingerprint density at radius 2 is 1.61 bits per heavy atom. The summed E-state index contributed by atoms with van der Waals surface area (Å²) in [7, 11) is 0. The number of halogens is 3. The number of benzene rings is 2. The first-order chi connectivity index (χ1) is 19.4. The fourth-order valence-electron chi connectivity index (χ4n) is 5.47. The van der Waals surface area contributed by atoms with Crippen molar-refractivity contribution in [2.45, 2.75) is 51.9 Å². The molecule has 1 fully saturated rings. The number of carbonyl (C=O) groups is 2. The van der Waals surface area contributed by atoms with E-state index in [1.165, 1.54) is 17.7 Å². The van der Waals surface area contributed by atoms with Gasteiger partial charge in [0.15, 0.2) is 0 Å². The number of carbonyl (C=O) groups excluding carboxylic acids is 2. The van der Waals surface area contributed by atoms with Crippen molar-refractivity contribution >= 4 is 23.6 Å². The molecule has 0 unspecified atom stereocenters. The van der Waals surface area contributed by atoms with E-state index >= 15 is 0 Å². The summed E-state index contributed by atoms with van der Waals surface area (Å²) >= 11 is 0. The summed E-state index contributed by atoms with van der Waals surface area (Å²) in [5, 5.41) is 0. The maximum absolute atomic E-state index is 13.3. The number of alkyl halides is 3. The van der Waals surface area contributed by atoms with Gasteiger partial charge in [0.25, 0.3) is 0 Å². The highest BCUT2D eigenvalue weighted by atomic mass is 19.4. The molecule has 218 valence electrons. The smallest absolute Gasteiger partial charge is 0.416 e. The predicted octanol–water partition coefficient (Wildman–Crippen LogP) is 6.01. The second-order valence-electron chi connectivity index (χ2n) is 11.9. The van der Waals surface area contributed by atoms with Crippen molar-refractivity contribution in [1.29, 1.82) is 0 Å². The van der Waals surface area contributed by atoms with E-state index < -0.39 is 17.3 Å². The normalized spacial score (nSPS) is 18.1. The molecule has 41 heavy (non-hydrogen) atoms. The van der Waals surface area contributed by atoms with E-state index in [4.69, 9.17) is 4.74 Å². The van der Waals surface area contributed by atoms with Crippen LogP contribution in [0.3, 0.4) is 0 Å². The van der Waals surface area contributed by atoms with E-state index in [0.717, 1.165) is 46.4 Å². The molecule has 0 radical (unpaired) electrons. The summed E-state index contributed by atoms with van der Waals surface area (Å²) in [4.78, 5) is 31.4. The van der Waals surface area contributed by atoms with Gasteiger partial charge in [-0.05, 0) is 73.2 Å². The lowest BCUT2D eigenvalue weighted by Crippen LogP contribution is -2.48. The van der Waals surface area contributed by atoms with Gasteiger partial charge in [-0.1, -0.05) is 36.4 Å². The third-order valence-electron chi connectivity index (χ3n) is 7.71. The first-order valence-electron chi connectivity index (χ1n) is 14.0. The van der Waals surface area contributed by atoms with Gasteiger partial charge in [0.05, 0.1) is 5.56 Å². The van der Waals surface area contributed by atoms with E-state index in [1.807, 2.05) is 31.7 Å². The minimum Gasteiger partial charge on any atom is -0.444 e. The molecule has 2 heterocycles. The van der Waals surface area contributed by atoms with Crippen LogP contribution in [0.5, 0.6) is 0 Å². The van der Waals surface area contributed by atoms with E-state index in [0.29, 0.717) is 52.2 Å². The second kappa shape index (κ2) is 11.4. The minimum absolute atomic E-state index is 0.0433. The molecule has 9 heteroatoms. The molecule has 2 aliphatic heterocycles. The first kappa shape index (κ1) is 28.9. The number of fused-ring (bicyclic) bond motifs is 1. The molecule has 3 aliphatic rings. The van der Waals surface area contributed by atoms with Gasteiger partial charge in [-0.3, -0.25) is 9.69 Å². The van der Waals surface area contributed by atoms with Crippen molar-refractivity contribution in [3.8, 4) is 0 Å². The summed E-state index contributed by atoms with van der Waals surface area (Å²) in [6.07, 6.45) is 0.760. The zero-order valence-corrected chi connectivity index (χ0v) is 23.8. The lowest BCUT2D eigenvalue weighted by Gasteiger charge is -2.35. The van der Waals surface area contributed by atoms with Gasteiger partial charge in [0, 0.05) is 57.8 Å². The van der Waals surface area contributed by atoms with Crippen LogP contribution in [0.25, 0.3) is 11.6 Å². The molecule has 2 aromatic carbocycles. The van der Waals surface area contributed by atoms with Gasteiger partial charge >= 0.3 is 12.3 Å². The molecular formula is C32H36F3N3O3. The average molecular weight is 568 g/mol. The van der Waals surface area contributed by atoms with Crippen LogP contribution in [-0.4, -0.2) is 71.6 Å². The highest BCUT2D eigenvalue weighted by Gasteiger charge is 2.31. The summed E-state index contributed by atoms with van der Waals surface area (Å²) in [6, 6.07) is 11.6. The number of nitrogens with zero attached hydrogens (tertiary/aromatic N) is 3. The van der Waals surface area contributed by atoms with Crippen molar-refractivity contribution in [2.24, 2.45) is 0 Å². The van der Waals surface area contributed by atoms with Crippen LogP contribution in [0, 0.1) is 0 Å². The Bertz CT molecular complexity index is 1370. The van der Waals surface area contributed by atoms with Crippen LogP contribution in [0.15, 0.2) is 54.1 Å². The van der Waals surface area contributed by atoms with Crippen LogP contribution in [0.1, 0.15) is 55.0 Å². The molecule has 0 atom stereocenters. The zero-order chi connectivity index (χ0) is 29.4. The highest BCUT2D eigenvalue weighted by molar-refractivity contribution is 6.00. The molecule has 2 amide bonds. The summed E-state index contributed by atoms with van der Waals surface area (Å²) in [6.45, 7) is 9.76. The largest absolute Gasteiger partial charge is 0.444 e. The second-order valence-corrected chi connectivity index (χ2v) is 11.9. The van der Waals surface area contributed by atoms with Gasteiger partial charge < -0.3 is 14.5 Å². The van der Waals surface area contributed by atoms with Gasteiger partial charge in [-0.15, -0.1) is 0 Å². The first-order valence-corrected chi connectivity index (χ1v) is 14.0. The van der Waals surface area contributed by atoms with E-state index in [-0.39, 0.29) is 12.0 Å². The molecule has 5 rings (SSSR count). The number of hydrogen-bond donors (Lipinski definition) is 0. The summed E-state index contributed by atoms with van der Waals surface area (Å²) < 4.78 is 44.0. The standard InChI is InChI=1S/C32H36F3N3O3/c1-31(2,3)41-30(40)38-12-10-23(11-13-38)24-6-7-25-19-27(20-26(25)18-24)29(39)37-16-14-36(15-17-37)21-22-4-8-28(9-5-22)32(33,34)35/h4-10,18-19H,11-17,20-21H2,1-3H3. The fourth-order valence-corrected chi connectivity index (χ4v) is 5.47. The molecule has 2 aromatic rings. The number of piperazine rings is 1. The van der Waals surface area contributed by atoms with E-state index in [1.54, 1.807) is 4.90 Å². The van der Waals surface area contributed by atoms with E-state index in [2.05, 4.69) is 29.2 Å². The SMILES string of the molecule is CC(C)(C)OC(=O)N1CC=C(c2ccc3c(c2)CC(C(=O)N2CCN(Cc4ccc(C(F)(F)F)cc4)CC2)=C3)CC1. The highest BCUT2D eigenvalue weighted by Crippen LogP contribution is 2.32. The Balaban J connectivity index is 1.13. The van der Waals surface area contributed by atoms with Crippen LogP contribution >= 0.6 is 0 Å². The fraction of sp³-hybridized carbons (Fsp3) is 0.438. The third kappa shape index (κ3) is 7.01. The van der Waals surface area contributed by atoms with Gasteiger partial charge in [0.1, 0.15) is 5.60 Å². The van der Waals surface area contributed by atoms with Crippen molar-refractivity contribution in [3.05, 3.63) is 81.9 Å². The number of hydrogen-bond acceptors (Lipinski definition) is 4. The van der Waals surface area contributed by atoms with Gasteiger partial charge in [-0.25, -0.2) is 4.79 Å². The van der Waals surface area contributed by atoms with Crippen molar-refractivity contribution in [3.63, 3.8) is 0 Å². The third-order valence-corrected chi connectivity index (χ3v) is 7.71. The number of rotatable bonds is 4. The minimum atomic E-state index is -4.33. The van der Waals surface area contributed by atoms with Crippen molar-refractivity contribution < 1.29 is 27.5 Å². The monoisotopic (exact) mass is 567 g/mol. The Labute approximate surface area is 239 Å². The number of ether oxygens (including phenoxy) is 1. The molecule has 6 nitrogen and oxygen atoms in total. The molecule has 0 aromatic heterocycles. The zero-order valence-electron chi connectivity index (χ0n) is 23.8. The van der Waals surface area contributed by atoms with Gasteiger partial charge in [0.2, 0.25) is 5.91 Å². The van der Waals surface area contributed by atoms with Crippen LogP contribution < -0.4 is 0 Å². The van der Waals surface area contributed by atoms with Crippen LogP contribution in [-0.2, 0) is 28.7 Å². The Hall–Kier alpha value is -3.59. The quantitative estimate of drug-likeness (QED) is 0.454. The summed E-state index contributed by atoms with van der Waals surface area (Å²) in [5.74, 6) is 0.0433. The Morgan fingerprint density at radius 1 is 0.902 bits per heavy atom. The number of amides is 2. The molecule has 1 saturated heterocycles. The lowest BCUT2D eigenvalue weighted by atomic mass is 9.96. The Morgan fingerprint density at radius 3 is 2.22 bits per heavy atom. The van der Waals surface area contributed by atoms with Crippen LogP contribution in [0.4, 0.5) is 18.0 Å². The summed E-state index contributed by atoms with van der Waals surface area (Å²) in [5.41, 5.74) is 4.94. The molecule has 0 bridgehead atoms.